The lowest BCUT2D eigenvalue weighted by Gasteiger charge is -2.19. The summed E-state index contributed by atoms with van der Waals surface area (Å²) in [5.41, 5.74) is 3.26. The number of alkyl halides is 3. The van der Waals surface area contributed by atoms with Crippen molar-refractivity contribution < 1.29 is 18.3 Å². The van der Waals surface area contributed by atoms with E-state index in [-0.39, 0.29) is 12.6 Å². The summed E-state index contributed by atoms with van der Waals surface area (Å²) in [5, 5.41) is 20.7. The lowest BCUT2D eigenvalue weighted by Crippen LogP contribution is -2.34. The number of nitrogens with one attached hydrogen (secondary N) is 2. The number of hydrogen-bond donors (Lipinski definition) is 3. The highest BCUT2D eigenvalue weighted by Crippen LogP contribution is 2.29. The van der Waals surface area contributed by atoms with Crippen LogP contribution in [-0.4, -0.2) is 31.6 Å². The number of halogens is 3. The summed E-state index contributed by atoms with van der Waals surface area (Å²) in [7, 11) is 0. The topological polar surface area (TPSA) is 75.0 Å². The Hall–Kier alpha value is -3.76. The maximum absolute atomic E-state index is 12.8. The van der Waals surface area contributed by atoms with Crippen LogP contribution < -0.4 is 10.6 Å². The smallest absolute Gasteiger partial charge is 0.394 e. The third kappa shape index (κ3) is 6.03. The Morgan fingerprint density at radius 3 is 2.26 bits per heavy atom. The fourth-order valence-electron chi connectivity index (χ4n) is 3.38. The van der Waals surface area contributed by atoms with Crippen molar-refractivity contribution in [1.29, 1.82) is 0 Å². The second-order valence-corrected chi connectivity index (χ2v) is 8.29. The molecule has 4 rings (SSSR count). The van der Waals surface area contributed by atoms with Gasteiger partial charge < -0.3 is 15.7 Å². The highest BCUT2D eigenvalue weighted by atomic mass is 32.1. The number of anilines is 1. The SMILES string of the molecule is Cc1ccc(C(CO)NC(=S)Nc2ccc(-c3ncn(-c4ccc(C(F)(F)F)cc4)n3)cc2)cc1. The first-order valence-corrected chi connectivity index (χ1v) is 11.1. The van der Waals surface area contributed by atoms with E-state index in [1.807, 2.05) is 43.3 Å². The Bertz CT molecular complexity index is 1290. The van der Waals surface area contributed by atoms with E-state index in [2.05, 4.69) is 20.7 Å². The van der Waals surface area contributed by atoms with Crippen LogP contribution in [0.1, 0.15) is 22.7 Å². The molecule has 0 amide bonds. The van der Waals surface area contributed by atoms with E-state index in [1.54, 1.807) is 12.1 Å². The molecule has 0 aliphatic rings. The van der Waals surface area contributed by atoms with E-state index < -0.39 is 11.7 Å². The normalized spacial score (nSPS) is 12.3. The van der Waals surface area contributed by atoms with Crippen molar-refractivity contribution in [3.8, 4) is 17.1 Å². The number of aliphatic hydroxyl groups excluding tert-OH is 1. The number of rotatable bonds is 6. The molecule has 1 heterocycles. The van der Waals surface area contributed by atoms with Crippen LogP contribution >= 0.6 is 12.2 Å². The summed E-state index contributed by atoms with van der Waals surface area (Å²) in [6.45, 7) is 1.88. The third-order valence-electron chi connectivity index (χ3n) is 5.32. The van der Waals surface area contributed by atoms with Crippen molar-refractivity contribution in [3.05, 3.63) is 95.8 Å². The van der Waals surface area contributed by atoms with Gasteiger partial charge in [-0.15, -0.1) is 5.10 Å². The number of hydrogen-bond acceptors (Lipinski definition) is 4. The fraction of sp³-hybridized carbons (Fsp3) is 0.160. The standard InChI is InChI=1S/C25H22F3N5OS/c1-16-2-4-17(5-3-16)22(14-34)31-24(35)30-20-10-6-18(7-11-20)23-29-15-33(32-23)21-12-8-19(9-13-21)25(26,27)28/h2-13,15,22,34H,14H2,1H3,(H2,30,31,35). The summed E-state index contributed by atoms with van der Waals surface area (Å²) in [5.74, 6) is 0.428. The van der Waals surface area contributed by atoms with Gasteiger partial charge in [-0.2, -0.15) is 13.2 Å². The second-order valence-electron chi connectivity index (χ2n) is 7.88. The monoisotopic (exact) mass is 497 g/mol. The van der Waals surface area contributed by atoms with E-state index in [9.17, 15) is 18.3 Å². The van der Waals surface area contributed by atoms with Gasteiger partial charge in [0.2, 0.25) is 0 Å². The number of aryl methyl sites for hydroxylation is 1. The molecule has 0 radical (unpaired) electrons. The number of thiocarbonyl (C=S) groups is 1. The second kappa shape index (κ2) is 10.2. The van der Waals surface area contributed by atoms with Gasteiger partial charge in [-0.3, -0.25) is 0 Å². The van der Waals surface area contributed by atoms with Crippen LogP contribution in [-0.2, 0) is 6.18 Å². The summed E-state index contributed by atoms with van der Waals surface area (Å²) < 4.78 is 39.7. The van der Waals surface area contributed by atoms with Gasteiger partial charge in [0.15, 0.2) is 10.9 Å². The van der Waals surface area contributed by atoms with Crippen molar-refractivity contribution in [3.63, 3.8) is 0 Å². The minimum absolute atomic E-state index is 0.114. The van der Waals surface area contributed by atoms with E-state index in [0.717, 1.165) is 34.5 Å². The third-order valence-corrected chi connectivity index (χ3v) is 5.54. The Kier molecular flexibility index (Phi) is 7.13. The average Bonchev–Trinajstić information content (AvgIpc) is 3.33. The largest absolute Gasteiger partial charge is 0.416 e. The van der Waals surface area contributed by atoms with Crippen molar-refractivity contribution in [2.24, 2.45) is 0 Å². The maximum atomic E-state index is 12.8. The molecular weight excluding hydrogens is 475 g/mol. The van der Waals surface area contributed by atoms with Crippen molar-refractivity contribution in [2.45, 2.75) is 19.1 Å². The average molecular weight is 498 g/mol. The molecule has 1 atom stereocenters. The highest BCUT2D eigenvalue weighted by Gasteiger charge is 2.30. The number of nitrogens with zero attached hydrogens (tertiary/aromatic N) is 3. The van der Waals surface area contributed by atoms with Gasteiger partial charge in [0.05, 0.1) is 23.9 Å². The van der Waals surface area contributed by atoms with E-state index in [1.165, 1.54) is 23.1 Å². The zero-order chi connectivity index (χ0) is 25.0. The van der Waals surface area contributed by atoms with E-state index >= 15 is 0 Å². The number of aromatic nitrogens is 3. The molecular formula is C25H22F3N5OS. The Morgan fingerprint density at radius 2 is 1.66 bits per heavy atom. The van der Waals surface area contributed by atoms with Crippen LogP contribution in [0.2, 0.25) is 0 Å². The van der Waals surface area contributed by atoms with Crippen LogP contribution in [0.5, 0.6) is 0 Å². The highest BCUT2D eigenvalue weighted by molar-refractivity contribution is 7.80. The molecule has 35 heavy (non-hydrogen) atoms. The van der Waals surface area contributed by atoms with E-state index in [0.29, 0.717) is 16.6 Å². The van der Waals surface area contributed by atoms with Gasteiger partial charge in [-0.1, -0.05) is 29.8 Å². The van der Waals surface area contributed by atoms with Crippen LogP contribution in [0.3, 0.4) is 0 Å². The predicted octanol–water partition coefficient (Wildman–Crippen LogP) is 5.28. The Labute approximate surface area is 205 Å². The predicted molar refractivity (Wildman–Crippen MR) is 132 cm³/mol. The van der Waals surface area contributed by atoms with Gasteiger partial charge in [0.25, 0.3) is 0 Å². The summed E-state index contributed by atoms with van der Waals surface area (Å²) in [6, 6.07) is 19.4. The first kappa shape index (κ1) is 24.4. The Morgan fingerprint density at radius 1 is 1.00 bits per heavy atom. The summed E-state index contributed by atoms with van der Waals surface area (Å²) in [6.07, 6.45) is -2.94. The Balaban J connectivity index is 1.39. The molecule has 6 nitrogen and oxygen atoms in total. The molecule has 10 heteroatoms. The van der Waals surface area contributed by atoms with Gasteiger partial charge in [0, 0.05) is 11.3 Å². The number of aliphatic hydroxyl groups is 1. The van der Waals surface area contributed by atoms with Crippen LogP contribution in [0.4, 0.5) is 18.9 Å². The summed E-state index contributed by atoms with van der Waals surface area (Å²) in [4.78, 5) is 4.26. The molecule has 0 spiro atoms. The molecule has 0 bridgehead atoms. The van der Waals surface area contributed by atoms with Crippen LogP contribution in [0.15, 0.2) is 79.1 Å². The minimum Gasteiger partial charge on any atom is -0.394 e. The van der Waals surface area contributed by atoms with Gasteiger partial charge in [0.1, 0.15) is 6.33 Å². The van der Waals surface area contributed by atoms with Crippen molar-refractivity contribution in [2.75, 3.05) is 11.9 Å². The molecule has 0 saturated heterocycles. The van der Waals surface area contributed by atoms with Gasteiger partial charge >= 0.3 is 6.18 Å². The molecule has 0 aliphatic heterocycles. The van der Waals surface area contributed by atoms with Crippen molar-refractivity contribution >= 4 is 23.0 Å². The maximum Gasteiger partial charge on any atom is 0.416 e. The molecule has 1 aromatic heterocycles. The van der Waals surface area contributed by atoms with Crippen LogP contribution in [0.25, 0.3) is 17.1 Å². The number of benzene rings is 3. The van der Waals surface area contributed by atoms with Crippen LogP contribution in [0, 0.1) is 6.92 Å². The zero-order valence-corrected chi connectivity index (χ0v) is 19.4. The molecule has 0 aliphatic carbocycles. The molecule has 1 unspecified atom stereocenters. The quantitative estimate of drug-likeness (QED) is 0.315. The molecule has 3 N–H and O–H groups in total. The molecule has 180 valence electrons. The molecule has 3 aromatic carbocycles. The lowest BCUT2D eigenvalue weighted by molar-refractivity contribution is -0.137. The fourth-order valence-corrected chi connectivity index (χ4v) is 3.64. The lowest BCUT2D eigenvalue weighted by atomic mass is 10.1. The summed E-state index contributed by atoms with van der Waals surface area (Å²) >= 11 is 5.39. The van der Waals surface area contributed by atoms with Gasteiger partial charge in [-0.05, 0) is 73.2 Å². The van der Waals surface area contributed by atoms with Gasteiger partial charge in [-0.25, -0.2) is 9.67 Å². The first-order chi connectivity index (χ1) is 16.7. The zero-order valence-electron chi connectivity index (χ0n) is 18.6. The first-order valence-electron chi connectivity index (χ1n) is 10.7. The molecule has 4 aromatic rings. The molecule has 0 saturated carbocycles. The minimum atomic E-state index is -4.39. The van der Waals surface area contributed by atoms with E-state index in [4.69, 9.17) is 12.2 Å². The molecule has 0 fully saturated rings. The van der Waals surface area contributed by atoms with Crippen molar-refractivity contribution in [1.82, 2.24) is 20.1 Å².